The molecular formula is C12H11Cl2NO. The minimum absolute atomic E-state index is 0.356. The first-order valence-electron chi connectivity index (χ1n) is 4.90. The summed E-state index contributed by atoms with van der Waals surface area (Å²) >= 11 is 11.8. The number of halogens is 2. The zero-order chi connectivity index (χ0) is 11.7. The van der Waals surface area contributed by atoms with Crippen LogP contribution in [-0.4, -0.2) is 4.98 Å². The summed E-state index contributed by atoms with van der Waals surface area (Å²) in [6, 6.07) is 5.72. The van der Waals surface area contributed by atoms with Crippen molar-refractivity contribution in [2.24, 2.45) is 0 Å². The van der Waals surface area contributed by atoms with Crippen molar-refractivity contribution in [1.82, 2.24) is 4.98 Å². The lowest BCUT2D eigenvalue weighted by Crippen LogP contribution is -1.82. The van der Waals surface area contributed by atoms with E-state index in [0.29, 0.717) is 16.8 Å². The molecule has 16 heavy (non-hydrogen) atoms. The van der Waals surface area contributed by atoms with E-state index < -0.39 is 0 Å². The second-order valence-electron chi connectivity index (χ2n) is 3.62. The predicted molar refractivity (Wildman–Crippen MR) is 66.0 cm³/mol. The molecule has 1 aromatic heterocycles. The van der Waals surface area contributed by atoms with Gasteiger partial charge in [-0.25, -0.2) is 4.98 Å². The Kier molecular flexibility index (Phi) is 3.22. The van der Waals surface area contributed by atoms with Gasteiger partial charge < -0.3 is 4.42 Å². The standard InChI is InChI=1S/C12H11Cl2NO/c1-7-3-4-9(5-10(7)14)12-15-11(6-13)8(2)16-12/h3-5H,6H2,1-2H3. The number of oxazole rings is 1. The molecule has 0 unspecified atom stereocenters. The minimum atomic E-state index is 0.356. The van der Waals surface area contributed by atoms with Crippen LogP contribution < -0.4 is 0 Å². The maximum Gasteiger partial charge on any atom is 0.226 e. The monoisotopic (exact) mass is 255 g/mol. The van der Waals surface area contributed by atoms with E-state index in [2.05, 4.69) is 4.98 Å². The van der Waals surface area contributed by atoms with Crippen LogP contribution in [0, 0.1) is 13.8 Å². The van der Waals surface area contributed by atoms with E-state index in [0.717, 1.165) is 22.6 Å². The van der Waals surface area contributed by atoms with Gasteiger partial charge in [-0.15, -0.1) is 11.6 Å². The Hall–Kier alpha value is -0.990. The van der Waals surface area contributed by atoms with Gasteiger partial charge >= 0.3 is 0 Å². The van der Waals surface area contributed by atoms with Crippen LogP contribution in [0.15, 0.2) is 22.6 Å². The molecule has 0 fully saturated rings. The van der Waals surface area contributed by atoms with Gasteiger partial charge in [0.15, 0.2) is 0 Å². The van der Waals surface area contributed by atoms with E-state index >= 15 is 0 Å². The van der Waals surface area contributed by atoms with Crippen LogP contribution in [0.25, 0.3) is 11.5 Å². The summed E-state index contributed by atoms with van der Waals surface area (Å²) in [4.78, 5) is 4.31. The zero-order valence-electron chi connectivity index (χ0n) is 9.05. The Labute approximate surface area is 104 Å². The van der Waals surface area contributed by atoms with Crippen molar-refractivity contribution in [2.75, 3.05) is 0 Å². The van der Waals surface area contributed by atoms with Gasteiger partial charge in [0, 0.05) is 10.6 Å². The number of aryl methyl sites for hydroxylation is 2. The summed E-state index contributed by atoms with van der Waals surface area (Å²) in [5.74, 6) is 1.67. The number of benzene rings is 1. The van der Waals surface area contributed by atoms with Crippen molar-refractivity contribution in [2.45, 2.75) is 19.7 Å². The van der Waals surface area contributed by atoms with Crippen LogP contribution in [0.4, 0.5) is 0 Å². The maximum absolute atomic E-state index is 6.05. The Morgan fingerprint density at radius 3 is 2.62 bits per heavy atom. The second-order valence-corrected chi connectivity index (χ2v) is 4.29. The SMILES string of the molecule is Cc1ccc(-c2nc(CCl)c(C)o2)cc1Cl. The molecule has 0 aliphatic carbocycles. The van der Waals surface area contributed by atoms with E-state index in [-0.39, 0.29) is 0 Å². The molecule has 84 valence electrons. The third kappa shape index (κ3) is 2.08. The Balaban J connectivity index is 2.46. The van der Waals surface area contributed by atoms with E-state index in [1.807, 2.05) is 32.0 Å². The van der Waals surface area contributed by atoms with Crippen molar-refractivity contribution >= 4 is 23.2 Å². The van der Waals surface area contributed by atoms with Crippen molar-refractivity contribution in [3.05, 3.63) is 40.2 Å². The molecule has 0 amide bonds. The molecule has 2 aromatic rings. The third-order valence-electron chi connectivity index (χ3n) is 2.44. The van der Waals surface area contributed by atoms with Gasteiger partial charge in [-0.05, 0) is 31.5 Å². The highest BCUT2D eigenvalue weighted by molar-refractivity contribution is 6.31. The molecule has 0 atom stereocenters. The zero-order valence-corrected chi connectivity index (χ0v) is 10.6. The van der Waals surface area contributed by atoms with Gasteiger partial charge in [0.05, 0.1) is 11.6 Å². The number of alkyl halides is 1. The lowest BCUT2D eigenvalue weighted by atomic mass is 10.1. The summed E-state index contributed by atoms with van der Waals surface area (Å²) in [5, 5.41) is 0.709. The molecule has 0 aliphatic rings. The smallest absolute Gasteiger partial charge is 0.226 e. The average molecular weight is 256 g/mol. The van der Waals surface area contributed by atoms with Gasteiger partial charge in [-0.3, -0.25) is 0 Å². The fourth-order valence-corrected chi connectivity index (χ4v) is 1.83. The molecule has 2 nitrogen and oxygen atoms in total. The van der Waals surface area contributed by atoms with Gasteiger partial charge in [-0.2, -0.15) is 0 Å². The number of rotatable bonds is 2. The average Bonchev–Trinajstić information content (AvgIpc) is 2.64. The Morgan fingerprint density at radius 2 is 2.06 bits per heavy atom. The van der Waals surface area contributed by atoms with Crippen molar-refractivity contribution in [1.29, 1.82) is 0 Å². The summed E-state index contributed by atoms with van der Waals surface area (Å²) in [5.41, 5.74) is 2.68. The summed E-state index contributed by atoms with van der Waals surface area (Å²) in [7, 11) is 0. The van der Waals surface area contributed by atoms with Crippen molar-refractivity contribution in [3.8, 4) is 11.5 Å². The first kappa shape index (κ1) is 11.5. The Morgan fingerprint density at radius 1 is 1.31 bits per heavy atom. The van der Waals surface area contributed by atoms with Crippen LogP contribution in [0.2, 0.25) is 5.02 Å². The number of hydrogen-bond donors (Lipinski definition) is 0. The highest BCUT2D eigenvalue weighted by Crippen LogP contribution is 2.26. The van der Waals surface area contributed by atoms with Crippen LogP contribution in [0.3, 0.4) is 0 Å². The molecule has 0 spiro atoms. The molecule has 1 heterocycles. The number of nitrogens with zero attached hydrogens (tertiary/aromatic N) is 1. The third-order valence-corrected chi connectivity index (χ3v) is 3.10. The van der Waals surface area contributed by atoms with E-state index in [1.165, 1.54) is 0 Å². The van der Waals surface area contributed by atoms with Gasteiger partial charge in [-0.1, -0.05) is 17.7 Å². The van der Waals surface area contributed by atoms with E-state index in [9.17, 15) is 0 Å². The molecule has 0 saturated carbocycles. The fourth-order valence-electron chi connectivity index (χ4n) is 1.40. The number of hydrogen-bond acceptors (Lipinski definition) is 2. The topological polar surface area (TPSA) is 26.0 Å². The van der Waals surface area contributed by atoms with Crippen LogP contribution in [0.5, 0.6) is 0 Å². The predicted octanol–water partition coefficient (Wildman–Crippen LogP) is 4.35. The quantitative estimate of drug-likeness (QED) is 0.746. The van der Waals surface area contributed by atoms with E-state index in [4.69, 9.17) is 27.6 Å². The van der Waals surface area contributed by atoms with Gasteiger partial charge in [0.25, 0.3) is 0 Å². The van der Waals surface area contributed by atoms with Crippen molar-refractivity contribution in [3.63, 3.8) is 0 Å². The largest absolute Gasteiger partial charge is 0.441 e. The van der Waals surface area contributed by atoms with Gasteiger partial charge in [0.2, 0.25) is 5.89 Å². The second kappa shape index (κ2) is 4.48. The summed E-state index contributed by atoms with van der Waals surface area (Å²) in [6.07, 6.45) is 0. The maximum atomic E-state index is 6.05. The lowest BCUT2D eigenvalue weighted by molar-refractivity contribution is 0.540. The van der Waals surface area contributed by atoms with Crippen molar-refractivity contribution < 1.29 is 4.42 Å². The molecule has 0 saturated heterocycles. The first-order valence-corrected chi connectivity index (χ1v) is 5.82. The van der Waals surface area contributed by atoms with E-state index in [1.54, 1.807) is 0 Å². The molecular weight excluding hydrogens is 245 g/mol. The van der Waals surface area contributed by atoms with Crippen LogP contribution >= 0.6 is 23.2 Å². The molecule has 0 bridgehead atoms. The minimum Gasteiger partial charge on any atom is -0.441 e. The first-order chi connectivity index (χ1) is 7.61. The fraction of sp³-hybridized carbons (Fsp3) is 0.250. The molecule has 4 heteroatoms. The van der Waals surface area contributed by atoms with Crippen LogP contribution in [-0.2, 0) is 5.88 Å². The summed E-state index contributed by atoms with van der Waals surface area (Å²) < 4.78 is 5.53. The Bertz CT molecular complexity index is 520. The molecule has 2 rings (SSSR count). The normalized spacial score (nSPS) is 10.8. The van der Waals surface area contributed by atoms with Gasteiger partial charge in [0.1, 0.15) is 5.76 Å². The highest BCUT2D eigenvalue weighted by atomic mass is 35.5. The number of aromatic nitrogens is 1. The molecule has 0 aliphatic heterocycles. The molecule has 1 aromatic carbocycles. The molecule has 0 radical (unpaired) electrons. The highest BCUT2D eigenvalue weighted by Gasteiger charge is 2.11. The molecule has 0 N–H and O–H groups in total. The lowest BCUT2D eigenvalue weighted by Gasteiger charge is -1.99. The summed E-state index contributed by atoms with van der Waals surface area (Å²) in [6.45, 7) is 3.81. The van der Waals surface area contributed by atoms with Crippen LogP contribution in [0.1, 0.15) is 17.0 Å².